The van der Waals surface area contributed by atoms with Gasteiger partial charge in [-0.25, -0.2) is 19.2 Å². The molecule has 0 fully saturated rings. The number of H-pyrrole nitrogens is 1. The number of nitrogens with zero attached hydrogens (tertiary/aromatic N) is 1. The van der Waals surface area contributed by atoms with E-state index in [1.807, 2.05) is 32.9 Å². The van der Waals surface area contributed by atoms with Gasteiger partial charge in [-0.2, -0.15) is 0 Å². The van der Waals surface area contributed by atoms with Crippen LogP contribution in [0.5, 0.6) is 0 Å². The Morgan fingerprint density at radius 2 is 1.50 bits per heavy atom. The van der Waals surface area contributed by atoms with Gasteiger partial charge in [-0.3, -0.25) is 9.78 Å². The minimum atomic E-state index is -1.25. The lowest BCUT2D eigenvalue weighted by atomic mass is 10.1. The van der Waals surface area contributed by atoms with Gasteiger partial charge in [0, 0.05) is 25.9 Å². The highest BCUT2D eigenvalue weighted by atomic mass is 16.7. The normalized spacial score (nSPS) is 9.94. The van der Waals surface area contributed by atoms with E-state index in [1.165, 1.54) is 23.9 Å². The van der Waals surface area contributed by atoms with Crippen molar-refractivity contribution in [1.29, 1.82) is 0 Å². The number of methoxy groups -OCH3 is 3. The molecule has 1 aromatic heterocycles. The van der Waals surface area contributed by atoms with Crippen molar-refractivity contribution in [1.82, 2.24) is 9.55 Å². The maximum Gasteiger partial charge on any atom is 0.505 e. The number of hydrogen-bond acceptors (Lipinski definition) is 9. The Balaban J connectivity index is 0. The van der Waals surface area contributed by atoms with E-state index in [0.717, 1.165) is 19.8 Å². The summed E-state index contributed by atoms with van der Waals surface area (Å²) < 4.78 is 19.3. The van der Waals surface area contributed by atoms with Crippen LogP contribution in [-0.2, 0) is 25.5 Å². The molecule has 0 radical (unpaired) electrons. The number of ether oxygens (including phenoxy) is 4. The Kier molecular flexibility index (Phi) is 19.2. The van der Waals surface area contributed by atoms with E-state index in [1.54, 1.807) is 12.1 Å². The Morgan fingerprint density at radius 3 is 1.94 bits per heavy atom. The number of aryl methyl sites for hydroxylation is 2. The van der Waals surface area contributed by atoms with Crippen LogP contribution in [0, 0.1) is 6.92 Å². The number of nitrogens with one attached hydrogen (secondary N) is 1. The summed E-state index contributed by atoms with van der Waals surface area (Å²) >= 11 is 0. The van der Waals surface area contributed by atoms with Crippen molar-refractivity contribution in [3.63, 3.8) is 0 Å². The fourth-order valence-electron chi connectivity index (χ4n) is 2.22. The van der Waals surface area contributed by atoms with Gasteiger partial charge >= 0.3 is 24.0 Å². The summed E-state index contributed by atoms with van der Waals surface area (Å²) in [6.07, 6.45) is -0.955. The van der Waals surface area contributed by atoms with Gasteiger partial charge in [0.15, 0.2) is 0 Å². The third-order valence-electron chi connectivity index (χ3n) is 4.04. The molecule has 2 aromatic rings. The van der Waals surface area contributed by atoms with E-state index >= 15 is 0 Å². The van der Waals surface area contributed by atoms with Crippen LogP contribution in [0.1, 0.15) is 36.2 Å². The molecule has 0 aliphatic heterocycles. The molecule has 36 heavy (non-hydrogen) atoms. The number of hydrogen-bond donors (Lipinski definition) is 3. The summed E-state index contributed by atoms with van der Waals surface area (Å²) in [5.41, 5.74) is 0.446. The molecule has 0 amide bonds. The van der Waals surface area contributed by atoms with Crippen LogP contribution in [0.2, 0.25) is 0 Å². The van der Waals surface area contributed by atoms with Gasteiger partial charge < -0.3 is 33.7 Å². The standard InChI is InChI=1S/C17H20N2O5.2C2H4O3.C2H6/c1-12-5-3-4-6-14(12)16(21)24-11-13(23-2)7-9-19-10-8-15(20)18-17(19)22;2*1-5-2(3)4;1-2/h3-6,8,10,13H,7,9,11H2,1-2H3,(H,18,20,22);2*1H3,(H,3,4);1-2H3. The number of esters is 1. The van der Waals surface area contributed by atoms with E-state index in [9.17, 15) is 14.4 Å². The van der Waals surface area contributed by atoms with Crippen LogP contribution in [0.25, 0.3) is 0 Å². The number of rotatable bonds is 7. The molecule has 0 bridgehead atoms. The van der Waals surface area contributed by atoms with Crippen LogP contribution in [0.15, 0.2) is 46.1 Å². The third-order valence-corrected chi connectivity index (χ3v) is 4.04. The van der Waals surface area contributed by atoms with Crippen molar-refractivity contribution < 1.29 is 43.5 Å². The molecule has 13 nitrogen and oxygen atoms in total. The maximum atomic E-state index is 12.1. The molecule has 0 saturated heterocycles. The summed E-state index contributed by atoms with van der Waals surface area (Å²) in [5.74, 6) is -0.406. The molecule has 0 aliphatic carbocycles. The second-order valence-corrected chi connectivity index (χ2v) is 6.30. The van der Waals surface area contributed by atoms with Crippen LogP contribution < -0.4 is 11.2 Å². The molecule has 1 atom stereocenters. The predicted molar refractivity (Wildman–Crippen MR) is 130 cm³/mol. The first kappa shape index (κ1) is 34.0. The quantitative estimate of drug-likeness (QED) is 0.365. The van der Waals surface area contributed by atoms with Crippen molar-refractivity contribution >= 4 is 18.3 Å². The zero-order valence-corrected chi connectivity index (χ0v) is 21.2. The summed E-state index contributed by atoms with van der Waals surface area (Å²) in [6.45, 7) is 6.27. The summed E-state index contributed by atoms with van der Waals surface area (Å²) in [4.78, 5) is 55.2. The van der Waals surface area contributed by atoms with Crippen LogP contribution in [-0.4, -0.2) is 72.1 Å². The number of carboxylic acid groups (broad SMARTS) is 2. The summed E-state index contributed by atoms with van der Waals surface area (Å²) in [6, 6.07) is 8.46. The first-order valence-corrected chi connectivity index (χ1v) is 10.6. The Morgan fingerprint density at radius 1 is 0.972 bits per heavy atom. The van der Waals surface area contributed by atoms with Gasteiger partial charge in [0.2, 0.25) is 0 Å². The molecular formula is C23H34N2O11. The highest BCUT2D eigenvalue weighted by Crippen LogP contribution is 2.10. The lowest BCUT2D eigenvalue weighted by molar-refractivity contribution is 0.00644. The highest BCUT2D eigenvalue weighted by Gasteiger charge is 2.14. The lowest BCUT2D eigenvalue weighted by Gasteiger charge is -2.16. The summed E-state index contributed by atoms with van der Waals surface area (Å²) in [5, 5.41) is 15.0. The van der Waals surface area contributed by atoms with E-state index < -0.39 is 29.5 Å². The number of benzene rings is 1. The molecular weight excluding hydrogens is 480 g/mol. The summed E-state index contributed by atoms with van der Waals surface area (Å²) in [7, 11) is 3.71. The lowest BCUT2D eigenvalue weighted by Crippen LogP contribution is -2.31. The minimum Gasteiger partial charge on any atom is -0.459 e. The van der Waals surface area contributed by atoms with Gasteiger partial charge in [-0.15, -0.1) is 0 Å². The first-order valence-electron chi connectivity index (χ1n) is 10.6. The molecule has 0 spiro atoms. The molecule has 1 heterocycles. The van der Waals surface area contributed by atoms with Crippen LogP contribution in [0.4, 0.5) is 9.59 Å². The SMILES string of the molecule is CC.COC(=O)O.COC(=O)O.COC(CCn1ccc(=O)[nH]c1=O)COC(=O)c1ccccc1C. The van der Waals surface area contributed by atoms with Crippen LogP contribution >= 0.6 is 0 Å². The molecule has 1 unspecified atom stereocenters. The third kappa shape index (κ3) is 15.7. The zero-order chi connectivity index (χ0) is 28.1. The largest absolute Gasteiger partial charge is 0.505 e. The van der Waals surface area contributed by atoms with Crippen molar-refractivity contribution in [2.75, 3.05) is 27.9 Å². The Labute approximate surface area is 208 Å². The Hall–Kier alpha value is -4.13. The average molecular weight is 515 g/mol. The molecule has 3 N–H and O–H groups in total. The highest BCUT2D eigenvalue weighted by molar-refractivity contribution is 5.90. The molecule has 0 saturated carbocycles. The van der Waals surface area contributed by atoms with Crippen molar-refractivity contribution in [2.45, 2.75) is 39.8 Å². The van der Waals surface area contributed by atoms with Crippen molar-refractivity contribution in [3.8, 4) is 0 Å². The molecule has 202 valence electrons. The first-order chi connectivity index (χ1) is 17.0. The van der Waals surface area contributed by atoms with Gasteiger partial charge in [-0.05, 0) is 25.0 Å². The van der Waals surface area contributed by atoms with Gasteiger partial charge in [0.1, 0.15) is 6.61 Å². The second-order valence-electron chi connectivity index (χ2n) is 6.30. The zero-order valence-electron chi connectivity index (χ0n) is 21.2. The topological polar surface area (TPSA) is 183 Å². The van der Waals surface area contributed by atoms with Crippen molar-refractivity contribution in [3.05, 3.63) is 68.5 Å². The molecule has 0 aliphatic rings. The Bertz CT molecular complexity index is 1020. The minimum absolute atomic E-state index is 0.0851. The van der Waals surface area contributed by atoms with Crippen LogP contribution in [0.3, 0.4) is 0 Å². The van der Waals surface area contributed by atoms with E-state index in [4.69, 9.17) is 29.3 Å². The number of carbonyl (C=O) groups excluding carboxylic acids is 1. The van der Waals surface area contributed by atoms with Crippen molar-refractivity contribution in [2.24, 2.45) is 0 Å². The molecule has 2 rings (SSSR count). The fraction of sp³-hybridized carbons (Fsp3) is 0.435. The monoisotopic (exact) mass is 514 g/mol. The van der Waals surface area contributed by atoms with E-state index in [0.29, 0.717) is 18.5 Å². The average Bonchev–Trinajstić information content (AvgIpc) is 2.87. The number of carbonyl (C=O) groups is 3. The number of aromatic amines is 1. The maximum absolute atomic E-state index is 12.1. The van der Waals surface area contributed by atoms with E-state index in [-0.39, 0.29) is 12.7 Å². The smallest absolute Gasteiger partial charge is 0.459 e. The van der Waals surface area contributed by atoms with Gasteiger partial charge in [0.05, 0.1) is 25.9 Å². The van der Waals surface area contributed by atoms with Gasteiger partial charge in [0.25, 0.3) is 5.56 Å². The predicted octanol–water partition coefficient (Wildman–Crippen LogP) is 2.75. The fourth-order valence-corrected chi connectivity index (χ4v) is 2.22. The number of aromatic nitrogens is 2. The molecule has 1 aromatic carbocycles. The van der Waals surface area contributed by atoms with E-state index in [2.05, 4.69) is 14.5 Å². The molecule has 13 heteroatoms. The second kappa shape index (κ2) is 20.3. The van der Waals surface area contributed by atoms with Gasteiger partial charge in [-0.1, -0.05) is 32.0 Å².